The van der Waals surface area contributed by atoms with E-state index in [-0.39, 0.29) is 23.9 Å². The molecule has 4 aromatic rings. The highest BCUT2D eigenvalue weighted by Gasteiger charge is 2.18. The van der Waals surface area contributed by atoms with Crippen LogP contribution in [0.1, 0.15) is 11.3 Å². The second-order valence-corrected chi connectivity index (χ2v) is 5.86. The van der Waals surface area contributed by atoms with Crippen LogP contribution in [0.5, 0.6) is 0 Å². The zero-order valence-corrected chi connectivity index (χ0v) is 14.1. The van der Waals surface area contributed by atoms with Gasteiger partial charge in [0.2, 0.25) is 5.82 Å². The van der Waals surface area contributed by atoms with E-state index in [1.54, 1.807) is 30.3 Å². The zero-order chi connectivity index (χ0) is 19.0. The normalized spacial score (nSPS) is 11.1. The summed E-state index contributed by atoms with van der Waals surface area (Å²) < 4.78 is 34.0. The smallest absolute Gasteiger partial charge is 0.287 e. The van der Waals surface area contributed by atoms with Gasteiger partial charge < -0.3 is 9.51 Å². The van der Waals surface area contributed by atoms with Gasteiger partial charge in [0.15, 0.2) is 5.82 Å². The molecule has 136 valence electrons. The summed E-state index contributed by atoms with van der Waals surface area (Å²) in [5.74, 6) is -1.21. The predicted octanol–water partition coefficient (Wildman–Crippen LogP) is 2.92. The Kier molecular flexibility index (Phi) is 4.11. The van der Waals surface area contributed by atoms with Gasteiger partial charge in [0.25, 0.3) is 5.56 Å². The minimum Gasteiger partial charge on any atom is -0.364 e. The number of hydrogen-bond donors (Lipinski definition) is 1. The second-order valence-electron chi connectivity index (χ2n) is 5.86. The molecule has 1 N–H and O–H groups in total. The summed E-state index contributed by atoms with van der Waals surface area (Å²) in [6, 6.07) is 9.57. The molecule has 0 aliphatic rings. The van der Waals surface area contributed by atoms with E-state index in [2.05, 4.69) is 20.2 Å². The summed E-state index contributed by atoms with van der Waals surface area (Å²) >= 11 is 0. The highest BCUT2D eigenvalue weighted by atomic mass is 19.1. The topological polar surface area (TPSA) is 89.6 Å². The second kappa shape index (κ2) is 6.60. The number of nitrogens with zero attached hydrogens (tertiary/aromatic N) is 4. The zero-order valence-electron chi connectivity index (χ0n) is 14.1. The number of aromatic amines is 1. The molecule has 0 fully saturated rings. The van der Waals surface area contributed by atoms with Crippen LogP contribution in [0.3, 0.4) is 0 Å². The molecule has 0 amide bonds. The fourth-order valence-electron chi connectivity index (χ4n) is 2.68. The molecular weight excluding hydrogens is 356 g/mol. The first kappa shape index (κ1) is 16.8. The molecule has 3 heterocycles. The standard InChI is InChI=1S/C18H13F2N5O2/c1-10-16(20)18(26)22-17(21-10)14-8-15(13-6-7-27-24-13)25(23-14)9-11-4-2-3-5-12(11)19/h2-8H,9H2,1H3,(H,21,22,26). The van der Waals surface area contributed by atoms with Gasteiger partial charge in [0.05, 0.1) is 17.9 Å². The summed E-state index contributed by atoms with van der Waals surface area (Å²) in [6.45, 7) is 1.52. The fourth-order valence-corrected chi connectivity index (χ4v) is 2.68. The third-order valence-electron chi connectivity index (χ3n) is 4.03. The van der Waals surface area contributed by atoms with Gasteiger partial charge in [-0.05, 0) is 19.1 Å². The van der Waals surface area contributed by atoms with Crippen molar-refractivity contribution < 1.29 is 13.3 Å². The highest BCUT2D eigenvalue weighted by molar-refractivity contribution is 5.62. The number of rotatable bonds is 4. The third kappa shape index (κ3) is 3.14. The molecule has 9 heteroatoms. The number of benzene rings is 1. The number of H-pyrrole nitrogens is 1. The van der Waals surface area contributed by atoms with Gasteiger partial charge in [0.1, 0.15) is 23.5 Å². The van der Waals surface area contributed by atoms with Crippen LogP contribution < -0.4 is 5.56 Å². The first-order valence-electron chi connectivity index (χ1n) is 8.01. The van der Waals surface area contributed by atoms with Crippen LogP contribution in [0.2, 0.25) is 0 Å². The Bertz CT molecular complexity index is 1160. The Morgan fingerprint density at radius 1 is 1.19 bits per heavy atom. The van der Waals surface area contributed by atoms with Gasteiger partial charge >= 0.3 is 0 Å². The van der Waals surface area contributed by atoms with E-state index >= 15 is 0 Å². The molecule has 3 aromatic heterocycles. The lowest BCUT2D eigenvalue weighted by Gasteiger charge is -2.06. The first-order valence-corrected chi connectivity index (χ1v) is 8.01. The summed E-state index contributed by atoms with van der Waals surface area (Å²) in [4.78, 5) is 18.1. The van der Waals surface area contributed by atoms with Crippen molar-refractivity contribution in [2.24, 2.45) is 0 Å². The largest absolute Gasteiger partial charge is 0.364 e. The molecule has 0 atom stereocenters. The maximum absolute atomic E-state index is 14.1. The molecule has 0 bridgehead atoms. The predicted molar refractivity (Wildman–Crippen MR) is 91.8 cm³/mol. The van der Waals surface area contributed by atoms with Gasteiger partial charge in [-0.3, -0.25) is 9.48 Å². The van der Waals surface area contributed by atoms with Crippen molar-refractivity contribution in [3.63, 3.8) is 0 Å². The number of aryl methyl sites for hydroxylation is 1. The lowest BCUT2D eigenvalue weighted by molar-refractivity contribution is 0.421. The van der Waals surface area contributed by atoms with Crippen LogP contribution in [0.4, 0.5) is 8.78 Å². The van der Waals surface area contributed by atoms with Gasteiger partial charge in [-0.25, -0.2) is 9.37 Å². The Labute approximate surface area is 151 Å². The van der Waals surface area contributed by atoms with Crippen molar-refractivity contribution in [3.05, 3.63) is 75.9 Å². The summed E-state index contributed by atoms with van der Waals surface area (Å²) in [5.41, 5.74) is 0.806. The summed E-state index contributed by atoms with van der Waals surface area (Å²) in [6.07, 6.45) is 1.40. The summed E-state index contributed by atoms with van der Waals surface area (Å²) in [7, 11) is 0. The van der Waals surface area contributed by atoms with Crippen molar-refractivity contribution >= 4 is 0 Å². The van der Waals surface area contributed by atoms with E-state index in [1.165, 1.54) is 23.9 Å². The highest BCUT2D eigenvalue weighted by Crippen LogP contribution is 2.24. The van der Waals surface area contributed by atoms with Gasteiger partial charge in [0, 0.05) is 11.6 Å². The molecule has 0 radical (unpaired) electrons. The molecule has 7 nitrogen and oxygen atoms in total. The van der Waals surface area contributed by atoms with Crippen LogP contribution >= 0.6 is 0 Å². The molecule has 4 rings (SSSR count). The van der Waals surface area contributed by atoms with Crippen molar-refractivity contribution in [3.8, 4) is 22.9 Å². The number of nitrogens with one attached hydrogen (secondary N) is 1. The van der Waals surface area contributed by atoms with Crippen LogP contribution in [0, 0.1) is 18.6 Å². The van der Waals surface area contributed by atoms with Crippen LogP contribution in [0.25, 0.3) is 22.9 Å². The minimum absolute atomic E-state index is 0.0413. The quantitative estimate of drug-likeness (QED) is 0.597. The van der Waals surface area contributed by atoms with Gasteiger partial charge in [-0.2, -0.15) is 9.49 Å². The van der Waals surface area contributed by atoms with E-state index < -0.39 is 11.4 Å². The number of hydrogen-bond acceptors (Lipinski definition) is 5. The molecule has 0 saturated carbocycles. The van der Waals surface area contributed by atoms with E-state index in [9.17, 15) is 13.6 Å². The van der Waals surface area contributed by atoms with Crippen LogP contribution in [-0.2, 0) is 6.54 Å². The van der Waals surface area contributed by atoms with Crippen molar-refractivity contribution in [2.45, 2.75) is 13.5 Å². The van der Waals surface area contributed by atoms with Crippen molar-refractivity contribution in [1.82, 2.24) is 24.9 Å². The van der Waals surface area contributed by atoms with Crippen LogP contribution in [-0.4, -0.2) is 24.9 Å². The lowest BCUT2D eigenvalue weighted by atomic mass is 10.2. The third-order valence-corrected chi connectivity index (χ3v) is 4.03. The molecule has 0 spiro atoms. The number of halogens is 2. The molecule has 0 aliphatic carbocycles. The molecule has 0 unspecified atom stereocenters. The minimum atomic E-state index is -0.943. The van der Waals surface area contributed by atoms with Crippen molar-refractivity contribution in [1.29, 1.82) is 0 Å². The molecule has 0 aliphatic heterocycles. The molecule has 27 heavy (non-hydrogen) atoms. The molecule has 0 saturated heterocycles. The van der Waals surface area contributed by atoms with Gasteiger partial charge in [-0.1, -0.05) is 23.4 Å². The van der Waals surface area contributed by atoms with Crippen LogP contribution in [0.15, 0.2) is 52.0 Å². The van der Waals surface area contributed by atoms with E-state index in [1.807, 2.05) is 0 Å². The Hall–Kier alpha value is -3.62. The lowest BCUT2D eigenvalue weighted by Crippen LogP contribution is -2.15. The monoisotopic (exact) mass is 369 g/mol. The van der Waals surface area contributed by atoms with E-state index in [0.717, 1.165) is 0 Å². The molecule has 1 aromatic carbocycles. The number of aromatic nitrogens is 5. The van der Waals surface area contributed by atoms with E-state index in [4.69, 9.17) is 4.52 Å². The Morgan fingerprint density at radius 2 is 2.00 bits per heavy atom. The van der Waals surface area contributed by atoms with Gasteiger partial charge in [-0.15, -0.1) is 0 Å². The summed E-state index contributed by atoms with van der Waals surface area (Å²) in [5, 5.41) is 8.28. The Morgan fingerprint density at radius 3 is 2.70 bits per heavy atom. The SMILES string of the molecule is Cc1nc(-c2cc(-c3ccon3)n(Cc3ccccc3F)n2)[nH]c(=O)c1F. The van der Waals surface area contributed by atoms with E-state index in [0.29, 0.717) is 22.6 Å². The fraction of sp³-hybridized carbons (Fsp3) is 0.111. The van der Waals surface area contributed by atoms with Crippen molar-refractivity contribution in [2.75, 3.05) is 0 Å². The first-order chi connectivity index (χ1) is 13.0. The average molecular weight is 369 g/mol. The maximum Gasteiger partial charge on any atom is 0.287 e. The maximum atomic E-state index is 14.1. The Balaban J connectivity index is 1.84. The molecular formula is C18H13F2N5O2. The average Bonchev–Trinajstić information content (AvgIpc) is 3.31.